The predicted octanol–water partition coefficient (Wildman–Crippen LogP) is 22.2. The predicted molar refractivity (Wildman–Crippen MR) is 416 cm³/mol. The summed E-state index contributed by atoms with van der Waals surface area (Å²) < 4.78 is 0. The van der Waals surface area contributed by atoms with E-state index in [0.29, 0.717) is 34.9 Å². The average Bonchev–Trinajstić information content (AvgIpc) is 1.51. The second-order valence-electron chi connectivity index (χ2n) is 28.3. The molecule has 0 saturated heterocycles. The van der Waals surface area contributed by atoms with Gasteiger partial charge in [0.2, 0.25) is 0 Å². The monoisotopic (exact) mass is 1320 g/mol. The van der Waals surface area contributed by atoms with E-state index in [9.17, 15) is 0 Å². The molecular formula is C95H66N8. The molecule has 103 heavy (non-hydrogen) atoms. The molecule has 8 heteroatoms. The molecule has 4 aromatic heterocycles. The van der Waals surface area contributed by atoms with Crippen molar-refractivity contribution in [1.82, 2.24) is 39.9 Å². The summed E-state index contributed by atoms with van der Waals surface area (Å²) in [6, 6.07) is 97.1. The third kappa shape index (κ3) is 8.77. The molecule has 0 unspecified atom stereocenters. The molecule has 0 atom stereocenters. The summed E-state index contributed by atoms with van der Waals surface area (Å²) in [7, 11) is 0. The first-order chi connectivity index (χ1) is 50.4. The van der Waals surface area contributed by atoms with Gasteiger partial charge in [0.15, 0.2) is 17.5 Å². The molecule has 0 fully saturated rings. The van der Waals surface area contributed by atoms with E-state index in [1.54, 1.807) is 0 Å². The highest BCUT2D eigenvalue weighted by Gasteiger charge is 2.54. The first kappa shape index (κ1) is 60.2. The minimum atomic E-state index is -0.651. The molecule has 0 bridgehead atoms. The van der Waals surface area contributed by atoms with E-state index in [2.05, 4.69) is 289 Å². The zero-order valence-corrected chi connectivity index (χ0v) is 58.1. The molecular weight excluding hydrogens is 1250 g/mol. The summed E-state index contributed by atoms with van der Waals surface area (Å²) in [4.78, 5) is 40.8. The Labute approximate surface area is 598 Å². The molecule has 16 aromatic rings. The molecule has 0 radical (unpaired) electrons. The van der Waals surface area contributed by atoms with Crippen molar-refractivity contribution in [2.45, 2.75) is 59.3 Å². The van der Waals surface area contributed by atoms with Crippen LogP contribution < -0.4 is 0 Å². The van der Waals surface area contributed by atoms with E-state index in [1.165, 1.54) is 72.3 Å². The number of nitrogens with zero attached hydrogens (tertiary/aromatic N) is 8. The van der Waals surface area contributed by atoms with Gasteiger partial charge in [-0.2, -0.15) is 0 Å². The van der Waals surface area contributed by atoms with Crippen LogP contribution in [0.4, 0.5) is 0 Å². The number of fused-ring (bicyclic) bond motifs is 21. The Morgan fingerprint density at radius 3 is 1.25 bits per heavy atom. The lowest BCUT2D eigenvalue weighted by molar-refractivity contribution is 0.794. The van der Waals surface area contributed by atoms with Crippen LogP contribution in [0.15, 0.2) is 273 Å². The zero-order valence-electron chi connectivity index (χ0n) is 58.1. The SMILES string of the molecule is Cc1cnc(C)c(-c2ccccc2-c2ccc3c(c2)-c2c(ccc(-c4cc(-c5ccc(-c6nc(C)nc(-c7ccc8c(c7)-c7c(-c9cc(C)cnc9C)cccc7C87c8ccccc8-c8ccccc87)n6)cc5)c5ccccc5c4)c2-c2nc(C)nc(C)n2)C32c3ccccc3-c3ccccc32)c1. The van der Waals surface area contributed by atoms with Crippen LogP contribution in [0, 0.1) is 48.5 Å². The van der Waals surface area contributed by atoms with Gasteiger partial charge in [0, 0.05) is 51.6 Å². The molecule has 486 valence electrons. The van der Waals surface area contributed by atoms with Crippen LogP contribution >= 0.6 is 0 Å². The maximum Gasteiger partial charge on any atom is 0.164 e. The number of aryl methyl sites for hydroxylation is 7. The molecule has 12 aromatic carbocycles. The van der Waals surface area contributed by atoms with E-state index in [1.807, 2.05) is 33.2 Å². The fourth-order valence-corrected chi connectivity index (χ4v) is 18.2. The van der Waals surface area contributed by atoms with Gasteiger partial charge in [0.05, 0.1) is 10.8 Å². The molecule has 0 N–H and O–H groups in total. The summed E-state index contributed by atoms with van der Waals surface area (Å²) >= 11 is 0. The lowest BCUT2D eigenvalue weighted by atomic mass is 9.70. The van der Waals surface area contributed by atoms with Gasteiger partial charge >= 0.3 is 0 Å². The second kappa shape index (κ2) is 22.6. The minimum absolute atomic E-state index is 0.537. The molecule has 0 amide bonds. The van der Waals surface area contributed by atoms with Gasteiger partial charge in [-0.1, -0.05) is 224 Å². The van der Waals surface area contributed by atoms with Gasteiger partial charge in [-0.05, 0) is 240 Å². The summed E-state index contributed by atoms with van der Waals surface area (Å²) in [5.74, 6) is 3.82. The van der Waals surface area contributed by atoms with E-state index in [0.717, 1.165) is 122 Å². The molecule has 4 aliphatic carbocycles. The van der Waals surface area contributed by atoms with Crippen molar-refractivity contribution in [3.63, 3.8) is 0 Å². The summed E-state index contributed by atoms with van der Waals surface area (Å²) in [6.07, 6.45) is 3.92. The number of pyridine rings is 2. The van der Waals surface area contributed by atoms with E-state index in [4.69, 9.17) is 39.9 Å². The number of benzene rings is 12. The maximum atomic E-state index is 5.37. The van der Waals surface area contributed by atoms with Crippen molar-refractivity contribution in [2.75, 3.05) is 0 Å². The van der Waals surface area contributed by atoms with Crippen LogP contribution in [0.5, 0.6) is 0 Å². The van der Waals surface area contributed by atoms with Crippen molar-refractivity contribution >= 4 is 10.8 Å². The Morgan fingerprint density at radius 1 is 0.223 bits per heavy atom. The Morgan fingerprint density at radius 2 is 0.641 bits per heavy atom. The van der Waals surface area contributed by atoms with Crippen LogP contribution in [0.25, 0.3) is 145 Å². The molecule has 20 rings (SSSR count). The molecule has 4 heterocycles. The first-order valence-electron chi connectivity index (χ1n) is 35.4. The molecule has 4 aliphatic rings. The van der Waals surface area contributed by atoms with Gasteiger partial charge in [-0.25, -0.2) is 29.9 Å². The Bertz CT molecular complexity index is 6250. The van der Waals surface area contributed by atoms with E-state index < -0.39 is 10.8 Å². The van der Waals surface area contributed by atoms with Crippen molar-refractivity contribution in [2.24, 2.45) is 0 Å². The highest BCUT2D eigenvalue weighted by atomic mass is 15.0. The maximum absolute atomic E-state index is 5.37. The highest BCUT2D eigenvalue weighted by Crippen LogP contribution is 2.67. The van der Waals surface area contributed by atoms with Gasteiger partial charge in [0.25, 0.3) is 0 Å². The van der Waals surface area contributed by atoms with Crippen molar-refractivity contribution < 1.29 is 0 Å². The molecule has 0 saturated carbocycles. The molecule has 2 spiro atoms. The number of rotatable bonds is 8. The van der Waals surface area contributed by atoms with Crippen LogP contribution in [-0.4, -0.2) is 39.9 Å². The third-order valence-corrected chi connectivity index (χ3v) is 22.3. The van der Waals surface area contributed by atoms with Crippen molar-refractivity contribution in [1.29, 1.82) is 0 Å². The zero-order chi connectivity index (χ0) is 69.1. The van der Waals surface area contributed by atoms with Crippen molar-refractivity contribution in [3.8, 4) is 134 Å². The molecule has 0 aliphatic heterocycles. The van der Waals surface area contributed by atoms with Gasteiger partial charge in [0.1, 0.15) is 17.5 Å². The Balaban J connectivity index is 0.742. The lowest BCUT2D eigenvalue weighted by Crippen LogP contribution is -2.25. The summed E-state index contributed by atoms with van der Waals surface area (Å²) in [5, 5.41) is 2.25. The third-order valence-electron chi connectivity index (χ3n) is 22.3. The first-order valence-corrected chi connectivity index (χ1v) is 35.4. The number of hydrogen-bond donors (Lipinski definition) is 0. The highest BCUT2D eigenvalue weighted by molar-refractivity contribution is 6.08. The molecule has 8 nitrogen and oxygen atoms in total. The largest absolute Gasteiger partial charge is 0.261 e. The van der Waals surface area contributed by atoms with Gasteiger partial charge in [-0.15, -0.1) is 0 Å². The quantitative estimate of drug-likeness (QED) is 0.148. The normalized spacial score (nSPS) is 13.3. The van der Waals surface area contributed by atoms with Gasteiger partial charge in [-0.3, -0.25) is 9.97 Å². The van der Waals surface area contributed by atoms with Crippen LogP contribution in [-0.2, 0) is 10.8 Å². The Kier molecular flexibility index (Phi) is 13.2. The average molecular weight is 1320 g/mol. The second-order valence-corrected chi connectivity index (χ2v) is 28.3. The topological polar surface area (TPSA) is 103 Å². The standard InChI is InChI=1S/C95H66N8/c1-53-45-75(55(3)96-51-53)69-24-11-10-22-66(69)63-39-42-85-79(48-63)89-87(95(85)82-32-18-14-27-72(82)73-28-15-19-33-83(73)95)44-41-68(90(89)93-101-57(5)98-58(6)102-93)65-47-62-21-8-9-23-67(62)77(50-65)60-35-37-61(38-36-60)91-99-59(7)100-92(103-91)64-40-43-84-78(49-64)88-74(76-46-54(2)52-97-56(76)4)29-20-34-86(88)94(84)80-30-16-12-25-70(80)71-26-13-17-31-81(71)94/h8-52H,1-7H3. The van der Waals surface area contributed by atoms with Crippen LogP contribution in [0.3, 0.4) is 0 Å². The number of aromatic nitrogens is 8. The fourth-order valence-electron chi connectivity index (χ4n) is 18.2. The Hall–Kier alpha value is -12.8. The summed E-state index contributed by atoms with van der Waals surface area (Å²) in [5.41, 5.74) is 36.5. The number of hydrogen-bond acceptors (Lipinski definition) is 8. The van der Waals surface area contributed by atoms with Crippen LogP contribution in [0.1, 0.15) is 84.5 Å². The van der Waals surface area contributed by atoms with Crippen molar-refractivity contribution in [3.05, 3.63) is 358 Å². The van der Waals surface area contributed by atoms with Crippen LogP contribution in [0.2, 0.25) is 0 Å². The van der Waals surface area contributed by atoms with E-state index >= 15 is 0 Å². The lowest BCUT2D eigenvalue weighted by Gasteiger charge is -2.31. The minimum Gasteiger partial charge on any atom is -0.261 e. The smallest absolute Gasteiger partial charge is 0.164 e. The summed E-state index contributed by atoms with van der Waals surface area (Å²) in [6.45, 7) is 14.4. The fraction of sp³-hybridized carbons (Fsp3) is 0.0947. The van der Waals surface area contributed by atoms with Gasteiger partial charge < -0.3 is 0 Å². The van der Waals surface area contributed by atoms with E-state index in [-0.39, 0.29) is 0 Å².